The SMILES string of the molecule is CC(CNC(=O)NCc1ccc(F)cc1)N1CCN(C)CC1. The summed E-state index contributed by atoms with van der Waals surface area (Å²) in [7, 11) is 2.13. The minimum atomic E-state index is -0.269. The highest BCUT2D eigenvalue weighted by Gasteiger charge is 2.19. The normalized spacial score (nSPS) is 18.0. The molecule has 0 aromatic heterocycles. The van der Waals surface area contributed by atoms with Crippen LogP contribution in [-0.4, -0.2) is 61.6 Å². The van der Waals surface area contributed by atoms with Crippen LogP contribution < -0.4 is 10.6 Å². The molecule has 1 aliphatic rings. The van der Waals surface area contributed by atoms with Crippen LogP contribution in [-0.2, 0) is 6.54 Å². The first kappa shape index (κ1) is 16.7. The van der Waals surface area contributed by atoms with Gasteiger partial charge in [0.25, 0.3) is 0 Å². The molecule has 0 bridgehead atoms. The van der Waals surface area contributed by atoms with Crippen molar-refractivity contribution in [1.82, 2.24) is 20.4 Å². The number of nitrogens with zero attached hydrogens (tertiary/aromatic N) is 2. The van der Waals surface area contributed by atoms with Crippen LogP contribution in [0.4, 0.5) is 9.18 Å². The molecule has 1 aromatic rings. The molecule has 5 nitrogen and oxygen atoms in total. The maximum absolute atomic E-state index is 12.8. The fourth-order valence-corrected chi connectivity index (χ4v) is 2.48. The Bertz CT molecular complexity index is 472. The zero-order valence-corrected chi connectivity index (χ0v) is 13.3. The van der Waals surface area contributed by atoms with E-state index in [0.717, 1.165) is 31.7 Å². The Labute approximate surface area is 131 Å². The molecule has 1 unspecified atom stereocenters. The monoisotopic (exact) mass is 308 g/mol. The Kier molecular flexibility index (Phi) is 6.15. The second-order valence-electron chi connectivity index (χ2n) is 5.88. The van der Waals surface area contributed by atoms with Gasteiger partial charge in [0.15, 0.2) is 0 Å². The van der Waals surface area contributed by atoms with Crippen LogP contribution in [0.2, 0.25) is 0 Å². The van der Waals surface area contributed by atoms with Gasteiger partial charge < -0.3 is 15.5 Å². The van der Waals surface area contributed by atoms with Crippen molar-refractivity contribution < 1.29 is 9.18 Å². The lowest BCUT2D eigenvalue weighted by Crippen LogP contribution is -2.52. The van der Waals surface area contributed by atoms with Crippen molar-refractivity contribution in [2.75, 3.05) is 39.8 Å². The quantitative estimate of drug-likeness (QED) is 0.861. The van der Waals surface area contributed by atoms with Crippen LogP contribution >= 0.6 is 0 Å². The zero-order chi connectivity index (χ0) is 15.9. The van der Waals surface area contributed by atoms with E-state index in [4.69, 9.17) is 0 Å². The summed E-state index contributed by atoms with van der Waals surface area (Å²) in [5.41, 5.74) is 0.878. The predicted octanol–water partition coefficient (Wildman–Crippen LogP) is 1.26. The van der Waals surface area contributed by atoms with Crippen LogP contribution in [0.1, 0.15) is 12.5 Å². The number of piperazine rings is 1. The topological polar surface area (TPSA) is 47.6 Å². The van der Waals surface area contributed by atoms with E-state index in [1.807, 2.05) is 0 Å². The largest absolute Gasteiger partial charge is 0.337 e. The van der Waals surface area contributed by atoms with Crippen molar-refractivity contribution in [2.45, 2.75) is 19.5 Å². The molecule has 1 saturated heterocycles. The number of halogens is 1. The number of urea groups is 1. The number of amides is 2. The number of rotatable bonds is 5. The third-order valence-electron chi connectivity index (χ3n) is 4.09. The first-order valence-electron chi connectivity index (χ1n) is 7.73. The van der Waals surface area contributed by atoms with Gasteiger partial charge in [-0.25, -0.2) is 9.18 Å². The Morgan fingerprint density at radius 3 is 2.45 bits per heavy atom. The molecule has 1 atom stereocenters. The van der Waals surface area contributed by atoms with Gasteiger partial charge >= 0.3 is 6.03 Å². The standard InChI is InChI=1S/C16H25FN4O/c1-13(21-9-7-20(2)8-10-21)11-18-16(22)19-12-14-3-5-15(17)6-4-14/h3-6,13H,7-12H2,1-2H3,(H2,18,19,22). The summed E-state index contributed by atoms with van der Waals surface area (Å²) in [6.07, 6.45) is 0. The summed E-state index contributed by atoms with van der Waals surface area (Å²) >= 11 is 0. The van der Waals surface area contributed by atoms with Crippen LogP contribution in [0.25, 0.3) is 0 Å². The molecule has 2 amide bonds. The van der Waals surface area contributed by atoms with Gasteiger partial charge in [-0.1, -0.05) is 12.1 Å². The van der Waals surface area contributed by atoms with E-state index in [0.29, 0.717) is 19.1 Å². The van der Waals surface area contributed by atoms with Crippen molar-refractivity contribution in [3.05, 3.63) is 35.6 Å². The average Bonchev–Trinajstić information content (AvgIpc) is 2.52. The van der Waals surface area contributed by atoms with E-state index >= 15 is 0 Å². The number of likely N-dealkylation sites (N-methyl/N-ethyl adjacent to an activating group) is 1. The van der Waals surface area contributed by atoms with Gasteiger partial charge in [0, 0.05) is 45.3 Å². The van der Waals surface area contributed by atoms with E-state index in [-0.39, 0.29) is 11.8 Å². The van der Waals surface area contributed by atoms with Crippen LogP contribution in [0, 0.1) is 5.82 Å². The van der Waals surface area contributed by atoms with Gasteiger partial charge in [0.2, 0.25) is 0 Å². The highest BCUT2D eigenvalue weighted by molar-refractivity contribution is 5.73. The Hall–Kier alpha value is -1.66. The second-order valence-corrected chi connectivity index (χ2v) is 5.88. The minimum Gasteiger partial charge on any atom is -0.337 e. The number of carbonyl (C=O) groups is 1. The summed E-state index contributed by atoms with van der Waals surface area (Å²) in [6, 6.07) is 6.26. The molecule has 0 saturated carbocycles. The first-order valence-corrected chi connectivity index (χ1v) is 7.73. The lowest BCUT2D eigenvalue weighted by Gasteiger charge is -2.36. The lowest BCUT2D eigenvalue weighted by molar-refractivity contribution is 0.118. The van der Waals surface area contributed by atoms with E-state index < -0.39 is 0 Å². The lowest BCUT2D eigenvalue weighted by atomic mass is 10.2. The maximum Gasteiger partial charge on any atom is 0.315 e. The second kappa shape index (κ2) is 8.10. The van der Waals surface area contributed by atoms with E-state index in [2.05, 4.69) is 34.4 Å². The van der Waals surface area contributed by atoms with Gasteiger partial charge in [-0.2, -0.15) is 0 Å². The third kappa shape index (κ3) is 5.27. The van der Waals surface area contributed by atoms with E-state index in [9.17, 15) is 9.18 Å². The fraction of sp³-hybridized carbons (Fsp3) is 0.562. The van der Waals surface area contributed by atoms with Gasteiger partial charge in [-0.15, -0.1) is 0 Å². The zero-order valence-electron chi connectivity index (χ0n) is 13.3. The fourth-order valence-electron chi connectivity index (χ4n) is 2.48. The van der Waals surface area contributed by atoms with Crippen LogP contribution in [0.15, 0.2) is 24.3 Å². The average molecular weight is 308 g/mol. The van der Waals surface area contributed by atoms with Gasteiger partial charge in [0.05, 0.1) is 0 Å². The van der Waals surface area contributed by atoms with Gasteiger partial charge in [-0.05, 0) is 31.7 Å². The molecule has 2 rings (SSSR count). The van der Waals surface area contributed by atoms with Gasteiger partial charge in [0.1, 0.15) is 5.82 Å². The molecular formula is C16H25FN4O. The maximum atomic E-state index is 12.8. The molecule has 122 valence electrons. The number of carbonyl (C=O) groups excluding carboxylic acids is 1. The molecule has 2 N–H and O–H groups in total. The molecule has 1 fully saturated rings. The smallest absolute Gasteiger partial charge is 0.315 e. The van der Waals surface area contributed by atoms with Crippen molar-refractivity contribution in [3.63, 3.8) is 0 Å². The van der Waals surface area contributed by atoms with Crippen LogP contribution in [0.3, 0.4) is 0 Å². The number of hydrogen-bond donors (Lipinski definition) is 2. The molecular weight excluding hydrogens is 283 g/mol. The molecule has 6 heteroatoms. The number of benzene rings is 1. The van der Waals surface area contributed by atoms with Crippen LogP contribution in [0.5, 0.6) is 0 Å². The number of hydrogen-bond acceptors (Lipinski definition) is 3. The Morgan fingerprint density at radius 1 is 1.18 bits per heavy atom. The molecule has 0 radical (unpaired) electrons. The summed E-state index contributed by atoms with van der Waals surface area (Å²) in [4.78, 5) is 16.5. The highest BCUT2D eigenvalue weighted by atomic mass is 19.1. The Balaban J connectivity index is 1.65. The molecule has 1 aromatic carbocycles. The van der Waals surface area contributed by atoms with Crippen molar-refractivity contribution in [3.8, 4) is 0 Å². The van der Waals surface area contributed by atoms with E-state index in [1.54, 1.807) is 12.1 Å². The Morgan fingerprint density at radius 2 is 1.82 bits per heavy atom. The first-order chi connectivity index (χ1) is 10.5. The highest BCUT2D eigenvalue weighted by Crippen LogP contribution is 2.04. The molecule has 1 aliphatic heterocycles. The van der Waals surface area contributed by atoms with Crippen molar-refractivity contribution >= 4 is 6.03 Å². The predicted molar refractivity (Wildman–Crippen MR) is 85.2 cm³/mol. The number of nitrogens with one attached hydrogen (secondary N) is 2. The summed E-state index contributed by atoms with van der Waals surface area (Å²) < 4.78 is 12.8. The summed E-state index contributed by atoms with van der Waals surface area (Å²) in [5, 5.41) is 5.68. The molecule has 22 heavy (non-hydrogen) atoms. The molecule has 0 aliphatic carbocycles. The van der Waals surface area contributed by atoms with Crippen molar-refractivity contribution in [2.24, 2.45) is 0 Å². The minimum absolute atomic E-state index is 0.190. The molecule has 0 spiro atoms. The van der Waals surface area contributed by atoms with E-state index in [1.165, 1.54) is 12.1 Å². The van der Waals surface area contributed by atoms with Gasteiger partial charge in [-0.3, -0.25) is 4.90 Å². The summed E-state index contributed by atoms with van der Waals surface area (Å²) in [5.74, 6) is -0.269. The molecule has 1 heterocycles. The third-order valence-corrected chi connectivity index (χ3v) is 4.09. The summed E-state index contributed by atoms with van der Waals surface area (Å²) in [6.45, 7) is 7.37. The van der Waals surface area contributed by atoms with Crippen molar-refractivity contribution in [1.29, 1.82) is 0 Å².